The third-order valence-corrected chi connectivity index (χ3v) is 2.10. The van der Waals surface area contributed by atoms with Gasteiger partial charge in [-0.1, -0.05) is 40.9 Å². The van der Waals surface area contributed by atoms with Crippen molar-refractivity contribution in [3.05, 3.63) is 29.7 Å². The summed E-state index contributed by atoms with van der Waals surface area (Å²) in [7, 11) is 0. The Morgan fingerprint density at radius 2 is 2.06 bits per heavy atom. The van der Waals surface area contributed by atoms with E-state index in [1.807, 2.05) is 0 Å². The molecule has 0 radical (unpaired) electrons. The molecule has 0 spiro atoms. The van der Waals surface area contributed by atoms with Crippen LogP contribution < -0.4 is 4.74 Å². The predicted molar refractivity (Wildman–Crippen MR) is 66.5 cm³/mol. The topological polar surface area (TPSA) is 52.1 Å². The predicted octanol–water partition coefficient (Wildman–Crippen LogP) is 3.09. The largest absolute Gasteiger partial charge is 0.404 e. The standard InChI is InChI=1S/C10H9Cl3N2O2/c1-3-4-8(16)17-7-5-6(2)14-9(15-7)10(11,12)13/h3-5H,1-2H3/b4-3+. The molecule has 7 heteroatoms. The Morgan fingerprint density at radius 1 is 1.41 bits per heavy atom. The second-order valence-electron chi connectivity index (χ2n) is 3.09. The maximum atomic E-state index is 11.2. The molecule has 1 rings (SSSR count). The van der Waals surface area contributed by atoms with Gasteiger partial charge in [-0.15, -0.1) is 0 Å². The summed E-state index contributed by atoms with van der Waals surface area (Å²) < 4.78 is 3.16. The maximum Gasteiger partial charge on any atom is 0.337 e. The molecule has 0 aromatic carbocycles. The van der Waals surface area contributed by atoms with Crippen LogP contribution in [0.5, 0.6) is 5.88 Å². The molecule has 0 aliphatic rings. The van der Waals surface area contributed by atoms with Crippen LogP contribution >= 0.6 is 34.8 Å². The number of alkyl halides is 3. The molecule has 0 aliphatic heterocycles. The van der Waals surface area contributed by atoms with Crippen LogP contribution in [-0.2, 0) is 8.59 Å². The number of halogens is 3. The molecule has 0 atom stereocenters. The van der Waals surface area contributed by atoms with E-state index < -0.39 is 9.76 Å². The molecule has 0 unspecified atom stereocenters. The van der Waals surface area contributed by atoms with Crippen molar-refractivity contribution in [2.24, 2.45) is 0 Å². The summed E-state index contributed by atoms with van der Waals surface area (Å²) in [5.41, 5.74) is 0.532. The van der Waals surface area contributed by atoms with Crippen LogP contribution in [0.25, 0.3) is 0 Å². The molecule has 0 saturated heterocycles. The fourth-order valence-electron chi connectivity index (χ4n) is 0.992. The van der Waals surface area contributed by atoms with Crippen molar-refractivity contribution in [1.82, 2.24) is 9.97 Å². The minimum atomic E-state index is -1.76. The number of allylic oxidation sites excluding steroid dienone is 1. The summed E-state index contributed by atoms with van der Waals surface area (Å²) in [6.07, 6.45) is 2.80. The molecule has 17 heavy (non-hydrogen) atoms. The Hall–Kier alpha value is -0.840. The van der Waals surface area contributed by atoms with Crippen molar-refractivity contribution < 1.29 is 9.53 Å². The van der Waals surface area contributed by atoms with Gasteiger partial charge in [0.25, 0.3) is 0 Å². The average molecular weight is 296 g/mol. The monoisotopic (exact) mass is 294 g/mol. The van der Waals surface area contributed by atoms with Gasteiger partial charge in [0, 0.05) is 17.8 Å². The van der Waals surface area contributed by atoms with E-state index in [0.717, 1.165) is 0 Å². The molecule has 0 aliphatic carbocycles. The minimum Gasteiger partial charge on any atom is -0.404 e. The molecule has 92 valence electrons. The second kappa shape index (κ2) is 5.67. The fourth-order valence-corrected chi connectivity index (χ4v) is 1.25. The quantitative estimate of drug-likeness (QED) is 0.478. The Balaban J connectivity index is 3.02. The van der Waals surface area contributed by atoms with E-state index >= 15 is 0 Å². The first-order valence-electron chi connectivity index (χ1n) is 4.60. The highest BCUT2D eigenvalue weighted by Gasteiger charge is 2.27. The molecule has 0 amide bonds. The van der Waals surface area contributed by atoms with Gasteiger partial charge in [0.2, 0.25) is 9.67 Å². The summed E-state index contributed by atoms with van der Waals surface area (Å²) in [6.45, 7) is 3.37. The summed E-state index contributed by atoms with van der Waals surface area (Å²) in [5, 5.41) is 0. The molecule has 0 bridgehead atoms. The van der Waals surface area contributed by atoms with Gasteiger partial charge in [0.1, 0.15) is 0 Å². The van der Waals surface area contributed by atoms with Crippen LogP contribution in [-0.4, -0.2) is 15.9 Å². The van der Waals surface area contributed by atoms with E-state index in [0.29, 0.717) is 5.69 Å². The molecule has 1 aromatic heterocycles. The SMILES string of the molecule is C/C=C/C(=O)Oc1cc(C)nc(C(Cl)(Cl)Cl)n1. The van der Waals surface area contributed by atoms with Crippen molar-refractivity contribution in [3.63, 3.8) is 0 Å². The third kappa shape index (κ3) is 4.50. The number of carbonyl (C=O) groups is 1. The van der Waals surface area contributed by atoms with Crippen LogP contribution in [0.1, 0.15) is 18.4 Å². The fraction of sp³-hybridized carbons (Fsp3) is 0.300. The van der Waals surface area contributed by atoms with Crippen LogP contribution in [0.15, 0.2) is 18.2 Å². The summed E-state index contributed by atoms with van der Waals surface area (Å²) in [6, 6.07) is 1.47. The average Bonchev–Trinajstić information content (AvgIpc) is 2.15. The van der Waals surface area contributed by atoms with E-state index in [-0.39, 0.29) is 11.7 Å². The molecular weight excluding hydrogens is 286 g/mol. The van der Waals surface area contributed by atoms with Crippen molar-refractivity contribution in [1.29, 1.82) is 0 Å². The lowest BCUT2D eigenvalue weighted by Gasteiger charge is -2.11. The van der Waals surface area contributed by atoms with Gasteiger partial charge < -0.3 is 4.74 Å². The van der Waals surface area contributed by atoms with E-state index in [2.05, 4.69) is 9.97 Å². The summed E-state index contributed by atoms with van der Waals surface area (Å²) in [5.74, 6) is -0.548. The first kappa shape index (κ1) is 14.2. The normalized spacial score (nSPS) is 11.8. The Kier molecular flexibility index (Phi) is 4.74. The number of hydrogen-bond donors (Lipinski definition) is 0. The van der Waals surface area contributed by atoms with Crippen molar-refractivity contribution >= 4 is 40.8 Å². The van der Waals surface area contributed by atoms with Crippen molar-refractivity contribution in [2.45, 2.75) is 17.6 Å². The number of aryl methyl sites for hydroxylation is 1. The number of rotatable bonds is 2. The summed E-state index contributed by atoms with van der Waals surface area (Å²) in [4.78, 5) is 19.0. The lowest BCUT2D eigenvalue weighted by molar-refractivity contribution is -0.129. The zero-order chi connectivity index (χ0) is 13.1. The first-order chi connectivity index (χ1) is 7.82. The van der Waals surface area contributed by atoms with E-state index in [4.69, 9.17) is 39.5 Å². The van der Waals surface area contributed by atoms with Crippen LogP contribution in [0.2, 0.25) is 0 Å². The van der Waals surface area contributed by atoms with Crippen molar-refractivity contribution in [2.75, 3.05) is 0 Å². The zero-order valence-corrected chi connectivity index (χ0v) is 11.3. The number of ether oxygens (including phenoxy) is 1. The van der Waals surface area contributed by atoms with Gasteiger partial charge in [-0.05, 0) is 13.8 Å². The number of hydrogen-bond acceptors (Lipinski definition) is 4. The van der Waals surface area contributed by atoms with Gasteiger partial charge in [0.05, 0.1) is 0 Å². The number of esters is 1. The molecule has 1 heterocycles. The Morgan fingerprint density at radius 3 is 2.59 bits per heavy atom. The van der Waals surface area contributed by atoms with Crippen LogP contribution in [0, 0.1) is 6.92 Å². The maximum absolute atomic E-state index is 11.2. The Labute approximate surface area is 114 Å². The molecule has 0 N–H and O–H groups in total. The highest BCUT2D eigenvalue weighted by Crippen LogP contribution is 2.36. The number of nitrogens with zero attached hydrogens (tertiary/aromatic N) is 2. The molecular formula is C10H9Cl3N2O2. The van der Waals surface area contributed by atoms with E-state index in [1.165, 1.54) is 12.1 Å². The van der Waals surface area contributed by atoms with Gasteiger partial charge in [-0.3, -0.25) is 0 Å². The lowest BCUT2D eigenvalue weighted by atomic mass is 10.4. The van der Waals surface area contributed by atoms with Gasteiger partial charge in [0.15, 0.2) is 5.82 Å². The lowest BCUT2D eigenvalue weighted by Crippen LogP contribution is -2.12. The van der Waals surface area contributed by atoms with Gasteiger partial charge in [-0.2, -0.15) is 4.98 Å². The summed E-state index contributed by atoms with van der Waals surface area (Å²) >= 11 is 17.0. The van der Waals surface area contributed by atoms with E-state index in [1.54, 1.807) is 19.9 Å². The third-order valence-electron chi connectivity index (χ3n) is 1.59. The molecule has 4 nitrogen and oxygen atoms in total. The number of aromatic nitrogens is 2. The first-order valence-corrected chi connectivity index (χ1v) is 5.73. The Bertz CT molecular complexity index is 455. The zero-order valence-electron chi connectivity index (χ0n) is 9.08. The van der Waals surface area contributed by atoms with Crippen LogP contribution in [0.3, 0.4) is 0 Å². The van der Waals surface area contributed by atoms with Gasteiger partial charge >= 0.3 is 5.97 Å². The minimum absolute atomic E-state index is 0.0363. The van der Waals surface area contributed by atoms with Crippen LogP contribution in [0.4, 0.5) is 0 Å². The second-order valence-corrected chi connectivity index (χ2v) is 5.37. The molecule has 0 fully saturated rings. The smallest absolute Gasteiger partial charge is 0.337 e. The van der Waals surface area contributed by atoms with Gasteiger partial charge in [-0.25, -0.2) is 9.78 Å². The number of carbonyl (C=O) groups excluding carboxylic acids is 1. The molecule has 0 saturated carbocycles. The molecule has 1 aromatic rings. The van der Waals surface area contributed by atoms with Crippen molar-refractivity contribution in [3.8, 4) is 5.88 Å². The van der Waals surface area contributed by atoms with E-state index in [9.17, 15) is 4.79 Å². The highest BCUT2D eigenvalue weighted by molar-refractivity contribution is 6.66. The highest BCUT2D eigenvalue weighted by atomic mass is 35.6.